The van der Waals surface area contributed by atoms with E-state index < -0.39 is 5.91 Å². The Kier molecular flexibility index (Phi) is 5.50. The minimum Gasteiger partial charge on any atom is -0.454 e. The van der Waals surface area contributed by atoms with E-state index in [9.17, 15) is 9.59 Å². The van der Waals surface area contributed by atoms with E-state index in [2.05, 4.69) is 10.4 Å². The zero-order valence-corrected chi connectivity index (χ0v) is 16.9. The van der Waals surface area contributed by atoms with E-state index >= 15 is 0 Å². The quantitative estimate of drug-likeness (QED) is 0.487. The monoisotopic (exact) mass is 419 g/mol. The van der Waals surface area contributed by atoms with Crippen LogP contribution in [0.3, 0.4) is 0 Å². The number of aryl methyl sites for hydroxylation is 1. The molecule has 1 N–H and O–H groups in total. The van der Waals surface area contributed by atoms with Gasteiger partial charge in [0, 0.05) is 11.9 Å². The number of anilines is 1. The molecule has 7 heteroatoms. The van der Waals surface area contributed by atoms with Crippen LogP contribution in [0.5, 0.6) is 11.5 Å². The van der Waals surface area contributed by atoms with Gasteiger partial charge in [-0.1, -0.05) is 54.1 Å². The summed E-state index contributed by atoms with van der Waals surface area (Å²) >= 11 is 6.19. The molecule has 0 spiro atoms. The number of amides is 1. The number of nitrogens with zero attached hydrogens (tertiary/aromatic N) is 2. The molecule has 0 fully saturated rings. The van der Waals surface area contributed by atoms with Gasteiger partial charge in [0.15, 0.2) is 11.4 Å². The fourth-order valence-electron chi connectivity index (χ4n) is 3.10. The van der Waals surface area contributed by atoms with Gasteiger partial charge in [-0.15, -0.1) is 0 Å². The average Bonchev–Trinajstić information content (AvgIpc) is 2.77. The zero-order valence-electron chi connectivity index (χ0n) is 16.1. The Labute approximate surface area is 177 Å². The molecular weight excluding hydrogens is 402 g/mol. The lowest BCUT2D eigenvalue weighted by molar-refractivity contribution is 0.102. The number of hydrogen-bond acceptors (Lipinski definition) is 4. The van der Waals surface area contributed by atoms with Crippen molar-refractivity contribution in [3.05, 3.63) is 93.9 Å². The predicted octanol–water partition coefficient (Wildman–Crippen LogP) is 5.11. The second-order valence-corrected chi connectivity index (χ2v) is 6.91. The largest absolute Gasteiger partial charge is 0.454 e. The van der Waals surface area contributed by atoms with Crippen LogP contribution < -0.4 is 15.6 Å². The highest BCUT2D eigenvalue weighted by atomic mass is 35.5. The number of carbonyl (C=O) groups is 1. The Hall–Kier alpha value is -3.64. The molecule has 150 valence electrons. The predicted molar refractivity (Wildman–Crippen MR) is 118 cm³/mol. The summed E-state index contributed by atoms with van der Waals surface area (Å²) in [5, 5.41) is 8.52. The van der Waals surface area contributed by atoms with Gasteiger partial charge < -0.3 is 10.1 Å². The Morgan fingerprint density at radius 1 is 0.967 bits per heavy atom. The van der Waals surface area contributed by atoms with Crippen molar-refractivity contribution in [1.82, 2.24) is 9.78 Å². The maximum absolute atomic E-state index is 13.1. The lowest BCUT2D eigenvalue weighted by Gasteiger charge is -2.14. The fraction of sp³-hybridized carbons (Fsp3) is 0.0870. The lowest BCUT2D eigenvalue weighted by atomic mass is 10.1. The highest BCUT2D eigenvalue weighted by Gasteiger charge is 2.18. The average molecular weight is 420 g/mol. The lowest BCUT2D eigenvalue weighted by Crippen LogP contribution is -2.27. The van der Waals surface area contributed by atoms with Crippen molar-refractivity contribution in [2.75, 3.05) is 5.32 Å². The van der Waals surface area contributed by atoms with Gasteiger partial charge in [-0.3, -0.25) is 9.59 Å². The highest BCUT2D eigenvalue weighted by molar-refractivity contribution is 6.32. The minimum absolute atomic E-state index is 0.166. The molecule has 1 heterocycles. The minimum atomic E-state index is -0.441. The number of benzene rings is 3. The third-order valence-electron chi connectivity index (χ3n) is 4.57. The number of aromatic nitrogens is 2. The Morgan fingerprint density at radius 3 is 2.33 bits per heavy atom. The van der Waals surface area contributed by atoms with E-state index in [0.29, 0.717) is 39.5 Å². The molecule has 1 aromatic heterocycles. The summed E-state index contributed by atoms with van der Waals surface area (Å²) in [4.78, 5) is 25.6. The van der Waals surface area contributed by atoms with Crippen molar-refractivity contribution in [3.63, 3.8) is 0 Å². The molecule has 0 unspecified atom stereocenters. The van der Waals surface area contributed by atoms with Gasteiger partial charge in [-0.25, -0.2) is 4.68 Å². The summed E-state index contributed by atoms with van der Waals surface area (Å²) in [6, 6.07) is 21.1. The van der Waals surface area contributed by atoms with E-state index in [1.165, 1.54) is 4.68 Å². The molecule has 0 radical (unpaired) electrons. The number of halogens is 1. The van der Waals surface area contributed by atoms with Gasteiger partial charge in [-0.2, -0.15) is 5.10 Å². The van der Waals surface area contributed by atoms with Crippen molar-refractivity contribution in [2.24, 2.45) is 0 Å². The molecule has 6 nitrogen and oxygen atoms in total. The molecule has 30 heavy (non-hydrogen) atoms. The van der Waals surface area contributed by atoms with Gasteiger partial charge in [0.1, 0.15) is 5.75 Å². The van der Waals surface area contributed by atoms with Crippen LogP contribution in [0.2, 0.25) is 5.02 Å². The number of para-hydroxylation sites is 3. The second kappa shape index (κ2) is 8.39. The van der Waals surface area contributed by atoms with Crippen molar-refractivity contribution in [1.29, 1.82) is 0 Å². The number of carbonyl (C=O) groups excluding carboxylic acids is 1. The van der Waals surface area contributed by atoms with Gasteiger partial charge >= 0.3 is 0 Å². The smallest absolute Gasteiger partial charge is 0.276 e. The normalized spacial score (nSPS) is 10.7. The molecule has 3 aromatic carbocycles. The van der Waals surface area contributed by atoms with Crippen LogP contribution in [0.4, 0.5) is 5.69 Å². The first-order valence-corrected chi connectivity index (χ1v) is 9.79. The second-order valence-electron chi connectivity index (χ2n) is 6.50. The molecular formula is C23H18ClN3O3. The van der Waals surface area contributed by atoms with E-state index in [1.807, 2.05) is 12.1 Å². The van der Waals surface area contributed by atoms with Gasteiger partial charge in [0.05, 0.1) is 16.1 Å². The number of hydrogen-bond donors (Lipinski definition) is 1. The molecule has 0 bridgehead atoms. The third kappa shape index (κ3) is 3.77. The summed E-state index contributed by atoms with van der Waals surface area (Å²) in [7, 11) is 0. The SMILES string of the molecule is CCn1nc(C(=O)Nc2ccccc2Oc2ccccc2Cl)c2ccccc2c1=O. The van der Waals surface area contributed by atoms with E-state index in [1.54, 1.807) is 67.6 Å². The molecule has 0 aliphatic carbocycles. The van der Waals surface area contributed by atoms with E-state index in [-0.39, 0.29) is 11.3 Å². The standard InChI is InChI=1S/C23H18ClN3O3/c1-2-27-23(29)16-10-4-3-9-15(16)21(26-27)22(28)25-18-12-6-8-14-20(18)30-19-13-7-5-11-17(19)24/h3-14H,2H2,1H3,(H,25,28). The maximum atomic E-state index is 13.1. The van der Waals surface area contributed by atoms with E-state index in [4.69, 9.17) is 16.3 Å². The Bertz CT molecular complexity index is 1300. The van der Waals surface area contributed by atoms with Crippen LogP contribution >= 0.6 is 11.6 Å². The van der Waals surface area contributed by atoms with Crippen molar-refractivity contribution in [2.45, 2.75) is 13.5 Å². The van der Waals surface area contributed by atoms with E-state index in [0.717, 1.165) is 0 Å². The first-order chi connectivity index (χ1) is 14.6. The molecule has 1 amide bonds. The molecule has 0 aliphatic rings. The van der Waals surface area contributed by atoms with Crippen molar-refractivity contribution in [3.8, 4) is 11.5 Å². The van der Waals surface area contributed by atoms with Crippen molar-refractivity contribution >= 4 is 34.0 Å². The Balaban J connectivity index is 1.72. The van der Waals surface area contributed by atoms with Gasteiger partial charge in [0.2, 0.25) is 0 Å². The summed E-state index contributed by atoms with van der Waals surface area (Å²) in [6.45, 7) is 2.16. The topological polar surface area (TPSA) is 73.2 Å². The van der Waals surface area contributed by atoms with Crippen LogP contribution in [-0.2, 0) is 6.54 Å². The number of fused-ring (bicyclic) bond motifs is 1. The summed E-state index contributed by atoms with van der Waals surface area (Å²) in [5.74, 6) is 0.472. The first-order valence-electron chi connectivity index (χ1n) is 9.41. The number of rotatable bonds is 5. The van der Waals surface area contributed by atoms with Gasteiger partial charge in [0.25, 0.3) is 11.5 Å². The number of ether oxygens (including phenoxy) is 1. The molecule has 4 aromatic rings. The number of nitrogens with one attached hydrogen (secondary N) is 1. The maximum Gasteiger partial charge on any atom is 0.276 e. The van der Waals surface area contributed by atoms with Crippen LogP contribution in [-0.4, -0.2) is 15.7 Å². The molecule has 0 saturated heterocycles. The van der Waals surface area contributed by atoms with Gasteiger partial charge in [-0.05, 0) is 37.3 Å². The van der Waals surface area contributed by atoms with Crippen molar-refractivity contribution < 1.29 is 9.53 Å². The molecule has 0 aliphatic heterocycles. The van der Waals surface area contributed by atoms with Crippen LogP contribution in [0.1, 0.15) is 17.4 Å². The molecule has 4 rings (SSSR count). The van der Waals surface area contributed by atoms with Crippen LogP contribution in [0.15, 0.2) is 77.6 Å². The Morgan fingerprint density at radius 2 is 1.60 bits per heavy atom. The fourth-order valence-corrected chi connectivity index (χ4v) is 3.28. The summed E-state index contributed by atoms with van der Waals surface area (Å²) in [5.41, 5.74) is 0.397. The first kappa shape index (κ1) is 19.7. The highest BCUT2D eigenvalue weighted by Crippen LogP contribution is 2.33. The zero-order chi connectivity index (χ0) is 21.1. The summed E-state index contributed by atoms with van der Waals surface area (Å²) in [6.07, 6.45) is 0. The molecule has 0 saturated carbocycles. The van der Waals surface area contributed by atoms with Crippen LogP contribution in [0, 0.1) is 0 Å². The summed E-state index contributed by atoms with van der Waals surface area (Å²) < 4.78 is 7.19. The third-order valence-corrected chi connectivity index (χ3v) is 4.89. The molecule has 0 atom stereocenters. The van der Waals surface area contributed by atoms with Crippen LogP contribution in [0.25, 0.3) is 10.8 Å².